The van der Waals surface area contributed by atoms with E-state index in [4.69, 9.17) is 4.74 Å². The van der Waals surface area contributed by atoms with Gasteiger partial charge in [-0.15, -0.1) is 0 Å². The minimum Gasteiger partial charge on any atom is -0.378 e. The molecule has 1 aliphatic rings. The fourth-order valence-corrected chi connectivity index (χ4v) is 2.83. The third-order valence-corrected chi connectivity index (χ3v) is 4.33. The van der Waals surface area contributed by atoms with Gasteiger partial charge in [0.1, 0.15) is 5.82 Å². The van der Waals surface area contributed by atoms with Gasteiger partial charge in [-0.25, -0.2) is 9.18 Å². The fraction of sp³-hybridized carbons (Fsp3) is 0.300. The zero-order valence-electron chi connectivity index (χ0n) is 14.9. The lowest BCUT2D eigenvalue weighted by Gasteiger charge is -2.26. The molecular weight excluding hydrogens is 349 g/mol. The Hall–Kier alpha value is -2.93. The van der Waals surface area contributed by atoms with Crippen LogP contribution in [-0.4, -0.2) is 49.7 Å². The van der Waals surface area contributed by atoms with Gasteiger partial charge in [0.25, 0.3) is 5.91 Å². The number of morpholine rings is 1. The Bertz CT molecular complexity index is 789. The Balaban J connectivity index is 1.46. The highest BCUT2D eigenvalue weighted by Crippen LogP contribution is 2.13. The minimum absolute atomic E-state index is 0.0424. The van der Waals surface area contributed by atoms with Crippen LogP contribution in [0.1, 0.15) is 15.9 Å². The van der Waals surface area contributed by atoms with Gasteiger partial charge in [-0.1, -0.05) is 18.2 Å². The van der Waals surface area contributed by atoms with Gasteiger partial charge in [-0.3, -0.25) is 4.79 Å². The van der Waals surface area contributed by atoms with Crippen LogP contribution in [0, 0.1) is 5.82 Å². The van der Waals surface area contributed by atoms with Crippen molar-refractivity contribution in [2.24, 2.45) is 0 Å². The number of hydrogen-bond acceptors (Lipinski definition) is 3. The van der Waals surface area contributed by atoms with E-state index in [0.29, 0.717) is 56.1 Å². The van der Waals surface area contributed by atoms with Crippen LogP contribution in [0.5, 0.6) is 0 Å². The smallest absolute Gasteiger partial charge is 0.319 e. The summed E-state index contributed by atoms with van der Waals surface area (Å²) in [6, 6.07) is 12.9. The third kappa shape index (κ3) is 5.27. The minimum atomic E-state index is -0.376. The first-order valence-electron chi connectivity index (χ1n) is 8.89. The van der Waals surface area contributed by atoms with Crippen LogP contribution in [0.3, 0.4) is 0 Å². The van der Waals surface area contributed by atoms with Gasteiger partial charge in [0.2, 0.25) is 0 Å². The summed E-state index contributed by atoms with van der Waals surface area (Å²) in [5.41, 5.74) is 1.71. The van der Waals surface area contributed by atoms with Crippen LogP contribution < -0.4 is 10.6 Å². The van der Waals surface area contributed by atoms with Crippen molar-refractivity contribution < 1.29 is 18.7 Å². The van der Waals surface area contributed by atoms with Crippen molar-refractivity contribution in [3.8, 4) is 0 Å². The number of benzene rings is 2. The van der Waals surface area contributed by atoms with Gasteiger partial charge in [-0.2, -0.15) is 0 Å². The van der Waals surface area contributed by atoms with Gasteiger partial charge in [0.15, 0.2) is 0 Å². The molecule has 142 valence electrons. The van der Waals surface area contributed by atoms with E-state index in [0.717, 1.165) is 0 Å². The maximum Gasteiger partial charge on any atom is 0.319 e. The molecule has 1 fully saturated rings. The number of nitrogens with zero attached hydrogens (tertiary/aromatic N) is 1. The summed E-state index contributed by atoms with van der Waals surface area (Å²) in [4.78, 5) is 26.1. The van der Waals surface area contributed by atoms with Gasteiger partial charge < -0.3 is 20.3 Å². The van der Waals surface area contributed by atoms with Crippen molar-refractivity contribution in [3.63, 3.8) is 0 Å². The number of ether oxygens (including phenoxy) is 1. The second-order valence-corrected chi connectivity index (χ2v) is 6.20. The predicted molar refractivity (Wildman–Crippen MR) is 100 cm³/mol. The van der Waals surface area contributed by atoms with Gasteiger partial charge in [0, 0.05) is 30.9 Å². The SMILES string of the molecule is O=C(NCCc1ccccc1F)Nc1ccc(C(=O)N2CCOCC2)cc1. The first-order valence-corrected chi connectivity index (χ1v) is 8.89. The van der Waals surface area contributed by atoms with Crippen LogP contribution in [0.25, 0.3) is 0 Å². The highest BCUT2D eigenvalue weighted by Gasteiger charge is 2.18. The average Bonchev–Trinajstić information content (AvgIpc) is 2.70. The fourth-order valence-electron chi connectivity index (χ4n) is 2.83. The summed E-state index contributed by atoms with van der Waals surface area (Å²) in [7, 11) is 0. The Morgan fingerprint density at radius 1 is 1.04 bits per heavy atom. The normalized spacial score (nSPS) is 13.9. The molecule has 1 aliphatic heterocycles. The number of urea groups is 1. The van der Waals surface area contributed by atoms with Crippen molar-refractivity contribution in [1.29, 1.82) is 0 Å². The van der Waals surface area contributed by atoms with E-state index < -0.39 is 0 Å². The Labute approximate surface area is 157 Å². The maximum absolute atomic E-state index is 13.5. The standard InChI is InChI=1S/C20H22FN3O3/c21-18-4-2-1-3-15(18)9-10-22-20(26)23-17-7-5-16(6-8-17)19(25)24-11-13-27-14-12-24/h1-8H,9-14H2,(H2,22,23,26). The number of rotatable bonds is 5. The van der Waals surface area contributed by atoms with Gasteiger partial charge >= 0.3 is 6.03 Å². The summed E-state index contributed by atoms with van der Waals surface area (Å²) in [5.74, 6) is -0.320. The number of carbonyl (C=O) groups is 2. The molecule has 6 nitrogen and oxygen atoms in total. The van der Waals surface area contributed by atoms with E-state index >= 15 is 0 Å². The van der Waals surface area contributed by atoms with Crippen LogP contribution in [-0.2, 0) is 11.2 Å². The zero-order valence-corrected chi connectivity index (χ0v) is 14.9. The van der Waals surface area contributed by atoms with Crippen LogP contribution in [0.2, 0.25) is 0 Å². The zero-order chi connectivity index (χ0) is 19.1. The molecule has 0 saturated carbocycles. The van der Waals surface area contributed by atoms with Gasteiger partial charge in [-0.05, 0) is 42.3 Å². The molecule has 0 bridgehead atoms. The molecule has 0 unspecified atom stereocenters. The lowest BCUT2D eigenvalue weighted by molar-refractivity contribution is 0.0303. The highest BCUT2D eigenvalue weighted by molar-refractivity contribution is 5.95. The number of amides is 3. The highest BCUT2D eigenvalue weighted by atomic mass is 19.1. The quantitative estimate of drug-likeness (QED) is 0.849. The Kier molecular flexibility index (Phi) is 6.38. The average molecular weight is 371 g/mol. The Morgan fingerprint density at radius 2 is 1.74 bits per heavy atom. The number of carbonyl (C=O) groups excluding carboxylic acids is 2. The molecule has 0 atom stereocenters. The summed E-state index contributed by atoms with van der Waals surface area (Å²) in [5, 5.41) is 5.39. The summed E-state index contributed by atoms with van der Waals surface area (Å²) in [6.07, 6.45) is 0.410. The summed E-state index contributed by atoms with van der Waals surface area (Å²) in [6.45, 7) is 2.60. The van der Waals surface area contributed by atoms with Crippen LogP contribution in [0.4, 0.5) is 14.9 Å². The predicted octanol–water partition coefficient (Wildman–Crippen LogP) is 2.66. The number of halogens is 1. The molecular formula is C20H22FN3O3. The largest absolute Gasteiger partial charge is 0.378 e. The molecule has 3 amide bonds. The first kappa shape index (κ1) is 18.8. The van der Waals surface area contributed by atoms with Crippen molar-refractivity contribution in [2.75, 3.05) is 38.2 Å². The topological polar surface area (TPSA) is 70.7 Å². The molecule has 0 aliphatic carbocycles. The molecule has 0 aromatic heterocycles. The van der Waals surface area contributed by atoms with E-state index in [9.17, 15) is 14.0 Å². The van der Waals surface area contributed by atoms with E-state index in [1.54, 1.807) is 47.4 Å². The van der Waals surface area contributed by atoms with Crippen LogP contribution >= 0.6 is 0 Å². The molecule has 2 aromatic rings. The van der Waals surface area contributed by atoms with Crippen LogP contribution in [0.15, 0.2) is 48.5 Å². The molecule has 0 spiro atoms. The first-order chi connectivity index (χ1) is 13.1. The van der Waals surface area contributed by atoms with E-state index in [2.05, 4.69) is 10.6 Å². The van der Waals surface area contributed by atoms with Crippen molar-refractivity contribution >= 4 is 17.6 Å². The molecule has 3 rings (SSSR count). The lowest BCUT2D eigenvalue weighted by atomic mass is 10.1. The number of anilines is 1. The van der Waals surface area contributed by atoms with E-state index in [1.807, 2.05) is 0 Å². The second kappa shape index (κ2) is 9.14. The van der Waals surface area contributed by atoms with Crippen molar-refractivity contribution in [3.05, 3.63) is 65.5 Å². The van der Waals surface area contributed by atoms with Gasteiger partial charge in [0.05, 0.1) is 13.2 Å². The summed E-state index contributed by atoms with van der Waals surface area (Å²) < 4.78 is 18.8. The van der Waals surface area contributed by atoms with Crippen molar-refractivity contribution in [1.82, 2.24) is 10.2 Å². The molecule has 2 N–H and O–H groups in total. The van der Waals surface area contributed by atoms with Crippen molar-refractivity contribution in [2.45, 2.75) is 6.42 Å². The molecule has 1 saturated heterocycles. The number of nitrogens with one attached hydrogen (secondary N) is 2. The molecule has 0 radical (unpaired) electrons. The molecule has 2 aromatic carbocycles. The molecule has 1 heterocycles. The van der Waals surface area contributed by atoms with E-state index in [1.165, 1.54) is 6.07 Å². The van der Waals surface area contributed by atoms with E-state index in [-0.39, 0.29) is 17.8 Å². The second-order valence-electron chi connectivity index (χ2n) is 6.20. The number of hydrogen-bond donors (Lipinski definition) is 2. The third-order valence-electron chi connectivity index (χ3n) is 4.33. The monoisotopic (exact) mass is 371 g/mol. The molecule has 7 heteroatoms. The summed E-state index contributed by atoms with van der Waals surface area (Å²) >= 11 is 0. The Morgan fingerprint density at radius 3 is 2.44 bits per heavy atom. The molecule has 27 heavy (non-hydrogen) atoms. The maximum atomic E-state index is 13.5. The lowest BCUT2D eigenvalue weighted by Crippen LogP contribution is -2.40.